The van der Waals surface area contributed by atoms with E-state index in [1.54, 1.807) is 73.1 Å². The van der Waals surface area contributed by atoms with Gasteiger partial charge in [0.1, 0.15) is 17.3 Å². The zero-order valence-electron chi connectivity index (χ0n) is 17.7. The normalized spacial score (nSPS) is 17.4. The zero-order valence-corrected chi connectivity index (χ0v) is 17.7. The Morgan fingerprint density at radius 1 is 1.06 bits per heavy atom. The van der Waals surface area contributed by atoms with Crippen molar-refractivity contribution >= 4 is 23.1 Å². The number of aliphatic hydroxyl groups excluding tert-OH is 1. The van der Waals surface area contributed by atoms with Crippen LogP contribution in [-0.4, -0.2) is 35.5 Å². The van der Waals surface area contributed by atoms with Gasteiger partial charge in [-0.25, -0.2) is 0 Å². The number of rotatable bonds is 6. The predicted octanol–water partition coefficient (Wildman–Crippen LogP) is 4.12. The highest BCUT2D eigenvalue weighted by Crippen LogP contribution is 2.44. The number of hydrogen-bond donors (Lipinski definition) is 1. The monoisotopic (exact) mass is 430 g/mol. The van der Waals surface area contributed by atoms with Crippen LogP contribution in [0, 0.1) is 0 Å². The summed E-state index contributed by atoms with van der Waals surface area (Å²) >= 11 is 0. The standard InChI is InChI=1S/C25H22N2O5/c1-3-32-18-12-10-16(11-13-18)23(28)21-22(17-7-6-14-26-15-17)27(25(30)24(21)29)19-8-4-5-9-20(19)31-2/h4-15,22,28H,3H2,1-2H3/b23-21+. The number of nitrogens with zero attached hydrogens (tertiary/aromatic N) is 2. The number of pyridine rings is 1. The van der Waals surface area contributed by atoms with Gasteiger partial charge in [-0.05, 0) is 55.0 Å². The molecule has 2 heterocycles. The Morgan fingerprint density at radius 2 is 1.81 bits per heavy atom. The largest absolute Gasteiger partial charge is 0.507 e. The van der Waals surface area contributed by atoms with Crippen molar-refractivity contribution in [1.82, 2.24) is 4.98 Å². The minimum atomic E-state index is -0.869. The fraction of sp³-hybridized carbons (Fsp3) is 0.160. The van der Waals surface area contributed by atoms with Crippen molar-refractivity contribution in [3.05, 3.63) is 89.8 Å². The maximum atomic E-state index is 13.2. The third-order valence-corrected chi connectivity index (χ3v) is 5.23. The molecule has 4 rings (SSSR count). The molecule has 3 aromatic rings. The SMILES string of the molecule is CCOc1ccc(/C(O)=C2\C(=O)C(=O)N(c3ccccc3OC)C2c2cccnc2)cc1. The Labute approximate surface area is 185 Å². The van der Waals surface area contributed by atoms with Crippen LogP contribution in [0.25, 0.3) is 5.76 Å². The summed E-state index contributed by atoms with van der Waals surface area (Å²) < 4.78 is 10.9. The second kappa shape index (κ2) is 8.93. The van der Waals surface area contributed by atoms with Gasteiger partial charge in [-0.2, -0.15) is 0 Å². The lowest BCUT2D eigenvalue weighted by atomic mass is 9.96. The number of benzene rings is 2. The van der Waals surface area contributed by atoms with Gasteiger partial charge in [0.25, 0.3) is 11.7 Å². The summed E-state index contributed by atoms with van der Waals surface area (Å²) in [6.45, 7) is 2.39. The number of carbonyl (C=O) groups excluding carboxylic acids is 2. The molecule has 1 saturated heterocycles. The molecule has 2 aromatic carbocycles. The van der Waals surface area contributed by atoms with Crippen LogP contribution in [0.1, 0.15) is 24.1 Å². The first-order valence-corrected chi connectivity index (χ1v) is 10.1. The van der Waals surface area contributed by atoms with E-state index in [-0.39, 0.29) is 11.3 Å². The maximum absolute atomic E-state index is 13.2. The molecule has 1 N–H and O–H groups in total. The van der Waals surface area contributed by atoms with Gasteiger partial charge in [0.05, 0.1) is 31.0 Å². The molecule has 1 aliphatic rings. The highest BCUT2D eigenvalue weighted by molar-refractivity contribution is 6.51. The highest BCUT2D eigenvalue weighted by atomic mass is 16.5. The lowest BCUT2D eigenvalue weighted by Crippen LogP contribution is -2.29. The summed E-state index contributed by atoms with van der Waals surface area (Å²) in [6.07, 6.45) is 3.18. The molecule has 1 aromatic heterocycles. The van der Waals surface area contributed by atoms with E-state index >= 15 is 0 Å². The highest BCUT2D eigenvalue weighted by Gasteiger charge is 2.47. The van der Waals surface area contributed by atoms with Crippen LogP contribution in [-0.2, 0) is 9.59 Å². The summed E-state index contributed by atoms with van der Waals surface area (Å²) in [7, 11) is 1.49. The number of ether oxygens (including phenoxy) is 2. The van der Waals surface area contributed by atoms with Crippen LogP contribution < -0.4 is 14.4 Å². The Balaban J connectivity index is 1.90. The van der Waals surface area contributed by atoms with E-state index in [0.717, 1.165) is 0 Å². The van der Waals surface area contributed by atoms with E-state index in [1.165, 1.54) is 12.0 Å². The number of para-hydroxylation sites is 2. The molecule has 0 saturated carbocycles. The first-order valence-electron chi connectivity index (χ1n) is 10.1. The molecule has 7 nitrogen and oxygen atoms in total. The van der Waals surface area contributed by atoms with Gasteiger partial charge in [0.2, 0.25) is 0 Å². The first-order chi connectivity index (χ1) is 15.6. The van der Waals surface area contributed by atoms with Crippen molar-refractivity contribution in [1.29, 1.82) is 0 Å². The number of aromatic nitrogens is 1. The number of anilines is 1. The van der Waals surface area contributed by atoms with E-state index in [4.69, 9.17) is 9.47 Å². The minimum Gasteiger partial charge on any atom is -0.507 e. The average Bonchev–Trinajstić information content (AvgIpc) is 3.10. The summed E-state index contributed by atoms with van der Waals surface area (Å²) in [5, 5.41) is 11.1. The van der Waals surface area contributed by atoms with Gasteiger partial charge in [0.15, 0.2) is 0 Å². The van der Waals surface area contributed by atoms with Crippen LogP contribution in [0.4, 0.5) is 5.69 Å². The van der Waals surface area contributed by atoms with Gasteiger partial charge in [0, 0.05) is 18.0 Å². The molecule has 1 unspecified atom stereocenters. The number of Topliss-reactive ketones (excluding diaryl/α,β-unsaturated/α-hetero) is 1. The van der Waals surface area contributed by atoms with E-state index < -0.39 is 17.7 Å². The second-order valence-electron chi connectivity index (χ2n) is 7.08. The third-order valence-electron chi connectivity index (χ3n) is 5.23. The molecular weight excluding hydrogens is 408 g/mol. The smallest absolute Gasteiger partial charge is 0.300 e. The summed E-state index contributed by atoms with van der Waals surface area (Å²) in [5.41, 5.74) is 1.40. The van der Waals surface area contributed by atoms with Crippen molar-refractivity contribution in [3.63, 3.8) is 0 Å². The molecular formula is C25H22N2O5. The molecule has 1 amide bonds. The molecule has 162 valence electrons. The Morgan fingerprint density at radius 3 is 2.47 bits per heavy atom. The van der Waals surface area contributed by atoms with Crippen LogP contribution in [0.3, 0.4) is 0 Å². The Hall–Kier alpha value is -4.13. The molecule has 0 aliphatic carbocycles. The van der Waals surface area contributed by atoms with Crippen LogP contribution in [0.2, 0.25) is 0 Å². The van der Waals surface area contributed by atoms with Gasteiger partial charge in [-0.3, -0.25) is 19.5 Å². The van der Waals surface area contributed by atoms with Crippen LogP contribution in [0.15, 0.2) is 78.6 Å². The molecule has 1 atom stereocenters. The van der Waals surface area contributed by atoms with Gasteiger partial charge in [-0.1, -0.05) is 18.2 Å². The van der Waals surface area contributed by atoms with E-state index in [2.05, 4.69) is 4.98 Å². The molecule has 0 radical (unpaired) electrons. The molecule has 0 bridgehead atoms. The average molecular weight is 430 g/mol. The quantitative estimate of drug-likeness (QED) is 0.360. The topological polar surface area (TPSA) is 89.0 Å². The fourth-order valence-electron chi connectivity index (χ4n) is 3.79. The first kappa shape index (κ1) is 21.1. The second-order valence-corrected chi connectivity index (χ2v) is 7.08. The lowest BCUT2D eigenvalue weighted by molar-refractivity contribution is -0.132. The number of aliphatic hydroxyl groups is 1. The van der Waals surface area contributed by atoms with Crippen molar-refractivity contribution < 1.29 is 24.2 Å². The number of amides is 1. The maximum Gasteiger partial charge on any atom is 0.300 e. The molecule has 32 heavy (non-hydrogen) atoms. The van der Waals surface area contributed by atoms with Crippen LogP contribution >= 0.6 is 0 Å². The molecule has 1 aliphatic heterocycles. The molecule has 7 heteroatoms. The number of methoxy groups -OCH3 is 1. The van der Waals surface area contributed by atoms with E-state index in [9.17, 15) is 14.7 Å². The minimum absolute atomic E-state index is 0.0157. The summed E-state index contributed by atoms with van der Waals surface area (Å²) in [6, 6.07) is 16.3. The summed E-state index contributed by atoms with van der Waals surface area (Å²) in [4.78, 5) is 31.8. The van der Waals surface area contributed by atoms with Crippen molar-refractivity contribution in [2.24, 2.45) is 0 Å². The Bertz CT molecular complexity index is 1170. The Kier molecular flexibility index (Phi) is 5.89. The van der Waals surface area contributed by atoms with Crippen molar-refractivity contribution in [2.75, 3.05) is 18.6 Å². The van der Waals surface area contributed by atoms with Crippen LogP contribution in [0.5, 0.6) is 11.5 Å². The van der Waals surface area contributed by atoms with Gasteiger partial charge in [-0.15, -0.1) is 0 Å². The van der Waals surface area contributed by atoms with E-state index in [1.807, 2.05) is 6.92 Å². The molecule has 0 spiro atoms. The number of ketones is 1. The van der Waals surface area contributed by atoms with Gasteiger partial charge >= 0.3 is 0 Å². The van der Waals surface area contributed by atoms with Crippen molar-refractivity contribution in [3.8, 4) is 11.5 Å². The number of hydrogen-bond acceptors (Lipinski definition) is 6. The van der Waals surface area contributed by atoms with E-state index in [0.29, 0.717) is 34.9 Å². The van der Waals surface area contributed by atoms with Gasteiger partial charge < -0.3 is 14.6 Å². The number of carbonyl (C=O) groups is 2. The summed E-state index contributed by atoms with van der Waals surface area (Å²) in [5.74, 6) is -0.726. The fourth-order valence-corrected chi connectivity index (χ4v) is 3.79. The third kappa shape index (κ3) is 3.69. The molecule has 1 fully saturated rings. The lowest BCUT2D eigenvalue weighted by Gasteiger charge is -2.26. The predicted molar refractivity (Wildman–Crippen MR) is 120 cm³/mol. The van der Waals surface area contributed by atoms with Crippen molar-refractivity contribution in [2.45, 2.75) is 13.0 Å². The zero-order chi connectivity index (χ0) is 22.7.